The number of hydrogen-bond donors (Lipinski definition) is 1. The summed E-state index contributed by atoms with van der Waals surface area (Å²) < 4.78 is 2.28. The number of phenolic OH excluding ortho intramolecular Hbond substituents is 1. The van der Waals surface area contributed by atoms with E-state index in [0.29, 0.717) is 0 Å². The van der Waals surface area contributed by atoms with Crippen LogP contribution < -0.4 is 0 Å². The topological polar surface area (TPSA) is 50.9 Å². The van der Waals surface area contributed by atoms with E-state index >= 15 is 0 Å². The number of imidazole rings is 1. The average Bonchev–Trinajstić information content (AvgIpc) is 3.56. The van der Waals surface area contributed by atoms with E-state index in [1.54, 1.807) is 0 Å². The van der Waals surface area contributed by atoms with E-state index in [9.17, 15) is 5.11 Å². The van der Waals surface area contributed by atoms with Gasteiger partial charge in [0, 0.05) is 28.3 Å². The Bertz CT molecular complexity index is 2710. The van der Waals surface area contributed by atoms with Gasteiger partial charge in [0.2, 0.25) is 0 Å². The third-order valence-electron chi connectivity index (χ3n) is 10.8. The number of benzene rings is 6. The molecule has 0 amide bonds. The van der Waals surface area contributed by atoms with Crippen molar-refractivity contribution in [2.75, 3.05) is 0 Å². The van der Waals surface area contributed by atoms with E-state index in [1.165, 1.54) is 16.7 Å². The summed E-state index contributed by atoms with van der Waals surface area (Å²) in [6, 6.07) is 47.2. The van der Waals surface area contributed by atoms with Gasteiger partial charge in [0.05, 0.1) is 28.0 Å². The predicted octanol–water partition coefficient (Wildman–Crippen LogP) is 13.7. The van der Waals surface area contributed by atoms with Crippen LogP contribution in [0.3, 0.4) is 0 Å². The van der Waals surface area contributed by atoms with Gasteiger partial charge in [-0.2, -0.15) is 0 Å². The lowest BCUT2D eigenvalue weighted by Crippen LogP contribution is -2.17. The predicted molar refractivity (Wildman–Crippen MR) is 231 cm³/mol. The largest absolute Gasteiger partial charge is 0.507 e. The van der Waals surface area contributed by atoms with Gasteiger partial charge in [-0.15, -0.1) is 0 Å². The molecule has 8 aromatic rings. The number of nitrogens with zero attached hydrogens (tertiary/aromatic N) is 3. The zero-order valence-electron chi connectivity index (χ0n) is 33.1. The van der Waals surface area contributed by atoms with Gasteiger partial charge < -0.3 is 5.11 Å². The van der Waals surface area contributed by atoms with Crippen molar-refractivity contribution in [1.82, 2.24) is 14.5 Å². The summed E-state index contributed by atoms with van der Waals surface area (Å²) in [5.74, 6) is 1.21. The maximum Gasteiger partial charge on any atom is 0.149 e. The first-order valence-electron chi connectivity index (χ1n) is 19.3. The van der Waals surface area contributed by atoms with Crippen LogP contribution in [-0.4, -0.2) is 19.6 Å². The van der Waals surface area contributed by atoms with Crippen molar-refractivity contribution < 1.29 is 5.11 Å². The fourth-order valence-electron chi connectivity index (χ4n) is 7.68. The SMILES string of the molecule is CC(C)c1cc(-c2ccccc2)ccc1-n1c(-c2cc(C(C)(C)C)cc(C(C)(C)C)c2O)nc2c(-c3cccc(-c4cc5ccccc5cn4)c3)cccc21. The van der Waals surface area contributed by atoms with Gasteiger partial charge in [-0.1, -0.05) is 152 Å². The van der Waals surface area contributed by atoms with Gasteiger partial charge >= 0.3 is 0 Å². The van der Waals surface area contributed by atoms with Gasteiger partial charge in [-0.05, 0) is 86.3 Å². The summed E-state index contributed by atoms with van der Waals surface area (Å²) in [4.78, 5) is 10.4. The summed E-state index contributed by atoms with van der Waals surface area (Å²) in [6.45, 7) is 17.7. The number of rotatable bonds is 6. The highest BCUT2D eigenvalue weighted by molar-refractivity contribution is 5.97. The molecule has 274 valence electrons. The van der Waals surface area contributed by atoms with E-state index in [1.807, 2.05) is 12.3 Å². The quantitative estimate of drug-likeness (QED) is 0.186. The van der Waals surface area contributed by atoms with Crippen LogP contribution in [0.25, 0.3) is 72.4 Å². The first-order chi connectivity index (χ1) is 26.3. The zero-order chi connectivity index (χ0) is 38.6. The molecule has 0 atom stereocenters. The molecule has 8 rings (SSSR count). The Morgan fingerprint density at radius 3 is 2.00 bits per heavy atom. The molecule has 55 heavy (non-hydrogen) atoms. The molecular weight excluding hydrogens is 671 g/mol. The van der Waals surface area contributed by atoms with Crippen LogP contribution in [0, 0.1) is 0 Å². The lowest BCUT2D eigenvalue weighted by Gasteiger charge is -2.28. The summed E-state index contributed by atoms with van der Waals surface area (Å²) in [6.07, 6.45) is 1.95. The third-order valence-corrected chi connectivity index (χ3v) is 10.8. The normalized spacial score (nSPS) is 12.2. The van der Waals surface area contributed by atoms with E-state index in [2.05, 4.69) is 187 Å². The van der Waals surface area contributed by atoms with Crippen LogP contribution >= 0.6 is 0 Å². The van der Waals surface area contributed by atoms with Gasteiger partial charge in [0.15, 0.2) is 0 Å². The van der Waals surface area contributed by atoms with Crippen LogP contribution in [0.1, 0.15) is 78.0 Å². The molecule has 4 heteroatoms. The van der Waals surface area contributed by atoms with Gasteiger partial charge in [-0.3, -0.25) is 9.55 Å². The molecule has 0 bridgehead atoms. The molecular formula is C51H49N3O. The average molecular weight is 720 g/mol. The molecule has 4 nitrogen and oxygen atoms in total. The molecule has 0 aliphatic rings. The number of phenols is 1. The Kier molecular flexibility index (Phi) is 8.96. The minimum absolute atomic E-state index is 0.151. The second-order valence-corrected chi connectivity index (χ2v) is 17.2. The number of hydrogen-bond acceptors (Lipinski definition) is 3. The molecule has 0 radical (unpaired) electrons. The summed E-state index contributed by atoms with van der Waals surface area (Å²) in [5, 5.41) is 14.6. The first kappa shape index (κ1) is 36.0. The summed E-state index contributed by atoms with van der Waals surface area (Å²) in [7, 11) is 0. The molecule has 0 aliphatic heterocycles. The minimum Gasteiger partial charge on any atom is -0.507 e. The van der Waals surface area contributed by atoms with Gasteiger partial charge in [0.25, 0.3) is 0 Å². The zero-order valence-corrected chi connectivity index (χ0v) is 33.1. The van der Waals surface area contributed by atoms with Crippen molar-refractivity contribution in [3.63, 3.8) is 0 Å². The van der Waals surface area contributed by atoms with Crippen LogP contribution in [0.15, 0.2) is 140 Å². The lowest BCUT2D eigenvalue weighted by atomic mass is 9.79. The third kappa shape index (κ3) is 6.71. The van der Waals surface area contributed by atoms with Crippen molar-refractivity contribution in [3.8, 4) is 56.3 Å². The van der Waals surface area contributed by atoms with E-state index in [-0.39, 0.29) is 22.5 Å². The molecule has 0 aliphatic carbocycles. The maximum absolute atomic E-state index is 12.3. The standard InChI is InChI=1S/C51H49N3O/c1-32(2)41-27-35(33-16-10-9-11-17-33)24-25-45(41)54-46-23-15-22-40(36-20-14-21-37(26-36)44-28-34-18-12-13-19-38(34)31-52-44)47(46)53-49(54)42-29-39(50(3,4)5)30-43(48(42)55)51(6,7)8/h9-32,55H,1-8H3. The molecule has 0 saturated carbocycles. The van der Waals surface area contributed by atoms with E-state index < -0.39 is 0 Å². The van der Waals surface area contributed by atoms with Crippen molar-refractivity contribution in [2.45, 2.75) is 72.1 Å². The van der Waals surface area contributed by atoms with Gasteiger partial charge in [0.1, 0.15) is 11.6 Å². The number of pyridine rings is 1. The maximum atomic E-state index is 12.3. The van der Waals surface area contributed by atoms with Crippen LogP contribution in [0.2, 0.25) is 0 Å². The molecule has 0 spiro atoms. The second-order valence-electron chi connectivity index (χ2n) is 17.2. The number of fused-ring (bicyclic) bond motifs is 2. The fraction of sp³-hybridized carbons (Fsp3) is 0.216. The van der Waals surface area contributed by atoms with Crippen molar-refractivity contribution in [1.29, 1.82) is 0 Å². The van der Waals surface area contributed by atoms with E-state index in [0.717, 1.165) is 72.4 Å². The van der Waals surface area contributed by atoms with Crippen LogP contribution in [-0.2, 0) is 10.8 Å². The van der Waals surface area contributed by atoms with Crippen molar-refractivity contribution in [3.05, 3.63) is 156 Å². The molecule has 0 saturated heterocycles. The first-order valence-corrected chi connectivity index (χ1v) is 19.3. The number of para-hydroxylation sites is 1. The number of aromatic nitrogens is 3. The van der Waals surface area contributed by atoms with E-state index in [4.69, 9.17) is 9.97 Å². The number of aromatic hydroxyl groups is 1. The molecule has 2 heterocycles. The summed E-state index contributed by atoms with van der Waals surface area (Å²) in [5.41, 5.74) is 12.9. The second kappa shape index (κ2) is 13.7. The van der Waals surface area contributed by atoms with Crippen LogP contribution in [0.4, 0.5) is 0 Å². The fourth-order valence-corrected chi connectivity index (χ4v) is 7.68. The highest BCUT2D eigenvalue weighted by Gasteiger charge is 2.29. The van der Waals surface area contributed by atoms with Crippen molar-refractivity contribution >= 4 is 21.8 Å². The molecule has 2 aromatic heterocycles. The van der Waals surface area contributed by atoms with Crippen LogP contribution in [0.5, 0.6) is 5.75 Å². The Morgan fingerprint density at radius 1 is 0.582 bits per heavy atom. The molecule has 0 unspecified atom stereocenters. The molecule has 0 fully saturated rings. The lowest BCUT2D eigenvalue weighted by molar-refractivity contribution is 0.446. The van der Waals surface area contributed by atoms with Crippen molar-refractivity contribution in [2.24, 2.45) is 0 Å². The highest BCUT2D eigenvalue weighted by Crippen LogP contribution is 2.45. The Labute approximate surface area is 325 Å². The minimum atomic E-state index is -0.292. The Morgan fingerprint density at radius 2 is 1.27 bits per heavy atom. The highest BCUT2D eigenvalue weighted by atomic mass is 16.3. The van der Waals surface area contributed by atoms with Gasteiger partial charge in [-0.25, -0.2) is 4.98 Å². The molecule has 1 N–H and O–H groups in total. The molecule has 6 aromatic carbocycles. The Hall–Kier alpha value is -6.00. The summed E-state index contributed by atoms with van der Waals surface area (Å²) >= 11 is 0. The Balaban J connectivity index is 1.41. The smallest absolute Gasteiger partial charge is 0.149 e. The monoisotopic (exact) mass is 719 g/mol.